The molecule has 0 nitrogen and oxygen atoms in total. The zero-order valence-electron chi connectivity index (χ0n) is 36.4. The van der Waals surface area contributed by atoms with Crippen molar-refractivity contribution in [3.05, 3.63) is 228 Å². The molecular formula is C59H52Cl2Zr. The summed E-state index contributed by atoms with van der Waals surface area (Å²) in [7, 11) is 18.8. The van der Waals surface area contributed by atoms with Crippen molar-refractivity contribution in [2.24, 2.45) is 0 Å². The second-order valence-corrected chi connectivity index (χ2v) is 40.2. The molecule has 0 aliphatic heterocycles. The minimum atomic E-state index is -5.92. The van der Waals surface area contributed by atoms with Gasteiger partial charge in [0.15, 0.2) is 0 Å². The van der Waals surface area contributed by atoms with E-state index in [0.29, 0.717) is 0 Å². The number of hydrogen-bond donors (Lipinski definition) is 0. The molecule has 10 rings (SSSR count). The molecular weight excluding hydrogens is 871 g/mol. The van der Waals surface area contributed by atoms with Gasteiger partial charge in [-0.2, -0.15) is 0 Å². The van der Waals surface area contributed by atoms with Crippen LogP contribution in [0.15, 0.2) is 194 Å². The quantitative estimate of drug-likeness (QED) is 0.156. The molecule has 0 saturated carbocycles. The van der Waals surface area contributed by atoms with E-state index >= 15 is 0 Å². The topological polar surface area (TPSA) is 0 Å². The monoisotopic (exact) mass is 920 g/mol. The maximum atomic E-state index is 9.39. The SMILES string of the molecule is CC(C)(C)c1cc2c(cc1-c1ccccc1)[CH]([Zr]([Cl])([Cl])(=[C](c1cccc3ccccc13)c1cccc3ccccc13)[CH]1C=CC=C1)c1cc(-c3ccccc3)c(C(C)(C)C)cc1-2. The molecule has 0 heterocycles. The van der Waals surface area contributed by atoms with Crippen LogP contribution in [0, 0.1) is 0 Å². The first-order chi connectivity index (χ1) is 29.7. The Morgan fingerprint density at radius 1 is 0.435 bits per heavy atom. The van der Waals surface area contributed by atoms with Gasteiger partial charge in [-0.25, -0.2) is 0 Å². The van der Waals surface area contributed by atoms with Crippen molar-refractivity contribution in [1.82, 2.24) is 0 Å². The van der Waals surface area contributed by atoms with Gasteiger partial charge < -0.3 is 0 Å². The van der Waals surface area contributed by atoms with E-state index in [0.717, 1.165) is 25.1 Å². The Balaban J connectivity index is 1.47. The molecule has 0 aromatic heterocycles. The Bertz CT molecular complexity index is 2990. The molecule has 0 amide bonds. The minimum absolute atomic E-state index is 0.143. The summed E-state index contributed by atoms with van der Waals surface area (Å²) in [5.74, 6) is 0. The third kappa shape index (κ3) is 6.62. The van der Waals surface area contributed by atoms with E-state index in [1.807, 2.05) is 0 Å². The van der Waals surface area contributed by atoms with Gasteiger partial charge in [0, 0.05) is 0 Å². The van der Waals surface area contributed by atoms with Gasteiger partial charge in [-0.15, -0.1) is 0 Å². The third-order valence-electron chi connectivity index (χ3n) is 13.6. The normalized spacial score (nSPS) is 14.5. The van der Waals surface area contributed by atoms with Crippen LogP contribution in [0.3, 0.4) is 0 Å². The molecule has 8 aromatic carbocycles. The number of fused-ring (bicyclic) bond motifs is 5. The van der Waals surface area contributed by atoms with Crippen molar-refractivity contribution in [3.8, 4) is 33.4 Å². The van der Waals surface area contributed by atoms with Gasteiger partial charge in [0.2, 0.25) is 0 Å². The van der Waals surface area contributed by atoms with Crippen LogP contribution in [0.1, 0.15) is 78.5 Å². The summed E-state index contributed by atoms with van der Waals surface area (Å²) in [5.41, 5.74) is 14.3. The molecule has 2 aliphatic rings. The van der Waals surface area contributed by atoms with E-state index in [9.17, 15) is 17.0 Å². The Morgan fingerprint density at radius 2 is 0.823 bits per heavy atom. The van der Waals surface area contributed by atoms with Crippen LogP contribution in [-0.4, -0.2) is 3.21 Å². The molecule has 0 atom stereocenters. The van der Waals surface area contributed by atoms with Crippen molar-refractivity contribution in [1.29, 1.82) is 0 Å². The number of hydrogen-bond acceptors (Lipinski definition) is 0. The van der Waals surface area contributed by atoms with Crippen molar-refractivity contribution in [3.63, 3.8) is 0 Å². The average molecular weight is 923 g/mol. The molecule has 3 heteroatoms. The van der Waals surface area contributed by atoms with Gasteiger partial charge in [0.1, 0.15) is 0 Å². The van der Waals surface area contributed by atoms with Gasteiger partial charge >= 0.3 is 378 Å². The van der Waals surface area contributed by atoms with E-state index in [1.54, 1.807) is 0 Å². The fraction of sp³-hybridized carbons (Fsp3) is 0.169. The van der Waals surface area contributed by atoms with Gasteiger partial charge in [-0.1, -0.05) is 0 Å². The van der Waals surface area contributed by atoms with Crippen LogP contribution in [0.2, 0.25) is 3.63 Å². The van der Waals surface area contributed by atoms with Crippen LogP contribution in [-0.2, 0) is 26.7 Å². The van der Waals surface area contributed by atoms with Crippen molar-refractivity contribution >= 4 is 41.8 Å². The molecule has 306 valence electrons. The molecule has 0 bridgehead atoms. The first kappa shape index (κ1) is 41.1. The summed E-state index contributed by atoms with van der Waals surface area (Å²) < 4.78 is 0.584. The van der Waals surface area contributed by atoms with Crippen LogP contribution >= 0.6 is 17.0 Å². The van der Waals surface area contributed by atoms with Crippen LogP contribution in [0.5, 0.6) is 0 Å². The number of rotatable bonds is 6. The standard InChI is InChI=1S/C33H33.C21H14.C5H5.2ClH.Zr/c1-32(2,3)30-20-26-24(18-28(30)22-13-9-7-10-14-22)17-25-19-29(23-15-11-8-12-16-23)31(21-27(25)26)33(4,5)6;1-3-13-20-16(7-1)9-5-11-18(20)15-19-12-6-10-17-8-2-4-14-21(17)19;1-2-4-5-3-1;;;/h7-21H,1-6H3;1-14H;1-5H;2*1H;/q;;;;;+2/p-2. The predicted octanol–water partition coefficient (Wildman–Crippen LogP) is 17.2. The molecule has 62 heavy (non-hydrogen) atoms. The molecule has 0 fully saturated rings. The Labute approximate surface area is 375 Å². The van der Waals surface area contributed by atoms with Gasteiger partial charge in [0.05, 0.1) is 0 Å². The number of halogens is 2. The molecule has 0 radical (unpaired) electrons. The fourth-order valence-electron chi connectivity index (χ4n) is 10.7. The Kier molecular flexibility index (Phi) is 10.0. The van der Waals surface area contributed by atoms with Crippen LogP contribution in [0.25, 0.3) is 54.9 Å². The molecule has 0 spiro atoms. The van der Waals surface area contributed by atoms with E-state index in [2.05, 4.69) is 236 Å². The van der Waals surface area contributed by atoms with E-state index in [-0.39, 0.29) is 18.1 Å². The van der Waals surface area contributed by atoms with Crippen molar-refractivity contribution in [2.45, 2.75) is 59.6 Å². The van der Waals surface area contributed by atoms with E-state index in [4.69, 9.17) is 0 Å². The summed E-state index contributed by atoms with van der Waals surface area (Å²) in [4.78, 5) is 0. The number of allylic oxidation sites excluding steroid dienone is 4. The van der Waals surface area contributed by atoms with Gasteiger partial charge in [-0.05, 0) is 0 Å². The average Bonchev–Trinajstić information content (AvgIpc) is 3.94. The van der Waals surface area contributed by atoms with Crippen LogP contribution < -0.4 is 0 Å². The second-order valence-electron chi connectivity index (χ2n) is 19.5. The molecule has 2 aliphatic carbocycles. The van der Waals surface area contributed by atoms with Crippen molar-refractivity contribution in [2.75, 3.05) is 0 Å². The molecule has 0 unspecified atom stereocenters. The van der Waals surface area contributed by atoms with Crippen molar-refractivity contribution < 1.29 is 15.9 Å². The maximum absolute atomic E-state index is 9.39. The van der Waals surface area contributed by atoms with Gasteiger partial charge in [-0.3, -0.25) is 0 Å². The molecule has 0 saturated heterocycles. The van der Waals surface area contributed by atoms with E-state index < -0.39 is 15.9 Å². The second kappa shape index (κ2) is 15.1. The number of benzene rings is 8. The first-order valence-electron chi connectivity index (χ1n) is 22.0. The zero-order chi connectivity index (χ0) is 43.0. The fourth-order valence-corrected chi connectivity index (χ4v) is 29.9. The molecule has 0 N–H and O–H groups in total. The summed E-state index contributed by atoms with van der Waals surface area (Å²) in [5, 5.41) is 4.65. The Hall–Kier alpha value is -4.91. The zero-order valence-corrected chi connectivity index (χ0v) is 40.4. The first-order valence-corrected chi connectivity index (χ1v) is 32.4. The van der Waals surface area contributed by atoms with Crippen LogP contribution in [0.4, 0.5) is 0 Å². The van der Waals surface area contributed by atoms with Gasteiger partial charge in [0.25, 0.3) is 0 Å². The molecule has 8 aromatic rings. The summed E-state index contributed by atoms with van der Waals surface area (Å²) in [6, 6.07) is 62.7. The Morgan fingerprint density at radius 3 is 1.24 bits per heavy atom. The van der Waals surface area contributed by atoms with E-state index in [1.165, 1.54) is 66.4 Å². The third-order valence-corrected chi connectivity index (χ3v) is 33.1. The summed E-state index contributed by atoms with van der Waals surface area (Å²) in [6.45, 7) is 14.0. The summed E-state index contributed by atoms with van der Waals surface area (Å²) in [6.07, 6.45) is 8.95. The summed E-state index contributed by atoms with van der Waals surface area (Å²) >= 11 is -5.92. The predicted molar refractivity (Wildman–Crippen MR) is 267 cm³/mol.